The minimum Gasteiger partial charge on any atom is -0.392 e. The molecule has 2 rings (SSSR count). The molecule has 1 aromatic carbocycles. The number of carbonyl (C=O) groups is 1. The molecule has 0 saturated heterocycles. The fourth-order valence-electron chi connectivity index (χ4n) is 1.95. The summed E-state index contributed by atoms with van der Waals surface area (Å²) in [7, 11) is 0. The molecule has 0 spiro atoms. The molecule has 1 aromatic rings. The molecule has 1 aliphatic carbocycles. The van der Waals surface area contributed by atoms with Gasteiger partial charge in [-0.2, -0.15) is 0 Å². The van der Waals surface area contributed by atoms with E-state index >= 15 is 0 Å². The number of rotatable bonds is 3. The molecule has 0 unspecified atom stereocenters. The van der Waals surface area contributed by atoms with Crippen molar-refractivity contribution in [2.75, 3.05) is 5.32 Å². The number of anilines is 1. The van der Waals surface area contributed by atoms with Crippen LogP contribution in [-0.2, 0) is 4.79 Å². The van der Waals surface area contributed by atoms with E-state index in [1.807, 2.05) is 0 Å². The fourth-order valence-corrected chi connectivity index (χ4v) is 2.70. The Morgan fingerprint density at radius 3 is 2.50 bits per heavy atom. The van der Waals surface area contributed by atoms with Gasteiger partial charge in [0.05, 0.1) is 21.1 Å². The molecule has 0 bridgehead atoms. The summed E-state index contributed by atoms with van der Waals surface area (Å²) in [5, 5.41) is 3.68. The van der Waals surface area contributed by atoms with Crippen LogP contribution in [0.2, 0.25) is 10.0 Å². The molecule has 0 heterocycles. The standard InChI is InChI=1S/C12H12Cl2N2OS/c13-7-2-3-9(8(14)6-7)16-11(17)12(10(15)18)4-1-5-12/h2-3,6H,1,4-5H2,(H2,15,18)(H,16,17). The Kier molecular flexibility index (Phi) is 3.80. The van der Waals surface area contributed by atoms with E-state index in [0.717, 1.165) is 6.42 Å². The zero-order valence-electron chi connectivity index (χ0n) is 9.50. The lowest BCUT2D eigenvalue weighted by Gasteiger charge is -2.39. The van der Waals surface area contributed by atoms with Gasteiger partial charge in [0.15, 0.2) is 0 Å². The molecule has 18 heavy (non-hydrogen) atoms. The zero-order chi connectivity index (χ0) is 13.3. The minimum absolute atomic E-state index is 0.189. The van der Waals surface area contributed by atoms with E-state index in [0.29, 0.717) is 28.6 Å². The number of hydrogen-bond acceptors (Lipinski definition) is 2. The van der Waals surface area contributed by atoms with Gasteiger partial charge in [-0.05, 0) is 31.0 Å². The maximum Gasteiger partial charge on any atom is 0.237 e. The molecule has 0 atom stereocenters. The van der Waals surface area contributed by atoms with Crippen LogP contribution in [0.4, 0.5) is 5.69 Å². The topological polar surface area (TPSA) is 55.1 Å². The summed E-state index contributed by atoms with van der Waals surface area (Å²) in [6, 6.07) is 4.90. The first-order chi connectivity index (χ1) is 8.45. The lowest BCUT2D eigenvalue weighted by molar-refractivity contribution is -0.125. The van der Waals surface area contributed by atoms with Crippen molar-refractivity contribution < 1.29 is 4.79 Å². The van der Waals surface area contributed by atoms with Crippen molar-refractivity contribution in [3.8, 4) is 0 Å². The van der Waals surface area contributed by atoms with Crippen molar-refractivity contribution in [1.82, 2.24) is 0 Å². The van der Waals surface area contributed by atoms with Crippen LogP contribution >= 0.6 is 35.4 Å². The Morgan fingerprint density at radius 1 is 1.39 bits per heavy atom. The fraction of sp³-hybridized carbons (Fsp3) is 0.333. The van der Waals surface area contributed by atoms with Crippen molar-refractivity contribution in [1.29, 1.82) is 0 Å². The van der Waals surface area contributed by atoms with E-state index in [1.165, 1.54) is 0 Å². The van der Waals surface area contributed by atoms with Crippen LogP contribution < -0.4 is 11.1 Å². The molecular formula is C12H12Cl2N2OS. The molecule has 3 nitrogen and oxygen atoms in total. The highest BCUT2D eigenvalue weighted by atomic mass is 35.5. The maximum absolute atomic E-state index is 12.2. The highest BCUT2D eigenvalue weighted by Gasteiger charge is 2.47. The molecule has 0 radical (unpaired) electrons. The van der Waals surface area contributed by atoms with Crippen LogP contribution in [0.1, 0.15) is 19.3 Å². The van der Waals surface area contributed by atoms with Gasteiger partial charge in [0.25, 0.3) is 0 Å². The second-order valence-corrected chi connectivity index (χ2v) is 5.66. The van der Waals surface area contributed by atoms with Gasteiger partial charge in [0.1, 0.15) is 0 Å². The molecule has 96 valence electrons. The zero-order valence-corrected chi connectivity index (χ0v) is 11.8. The molecule has 1 saturated carbocycles. The lowest BCUT2D eigenvalue weighted by atomic mass is 9.68. The van der Waals surface area contributed by atoms with Crippen LogP contribution in [0.15, 0.2) is 18.2 Å². The summed E-state index contributed by atoms with van der Waals surface area (Å²) in [6.07, 6.45) is 2.35. The van der Waals surface area contributed by atoms with Crippen LogP contribution in [0.5, 0.6) is 0 Å². The molecule has 0 aromatic heterocycles. The number of nitrogens with one attached hydrogen (secondary N) is 1. The maximum atomic E-state index is 12.2. The monoisotopic (exact) mass is 302 g/mol. The summed E-state index contributed by atoms with van der Waals surface area (Å²) in [4.78, 5) is 12.5. The largest absolute Gasteiger partial charge is 0.392 e. The third-order valence-corrected chi connectivity index (χ3v) is 4.23. The van der Waals surface area contributed by atoms with Gasteiger partial charge >= 0.3 is 0 Å². The number of hydrogen-bond donors (Lipinski definition) is 2. The third kappa shape index (κ3) is 2.32. The first-order valence-electron chi connectivity index (χ1n) is 5.52. The average Bonchev–Trinajstić information content (AvgIpc) is 2.19. The number of carbonyl (C=O) groups excluding carboxylic acids is 1. The number of thiocarbonyl (C=S) groups is 1. The van der Waals surface area contributed by atoms with Gasteiger partial charge in [-0.15, -0.1) is 0 Å². The molecule has 0 aliphatic heterocycles. The summed E-state index contributed by atoms with van der Waals surface area (Å²) in [6.45, 7) is 0. The normalized spacial score (nSPS) is 16.8. The number of nitrogens with two attached hydrogens (primary N) is 1. The predicted octanol–water partition coefficient (Wildman–Crippen LogP) is 3.39. The van der Waals surface area contributed by atoms with E-state index in [1.54, 1.807) is 18.2 Å². The predicted molar refractivity (Wildman–Crippen MR) is 78.2 cm³/mol. The van der Waals surface area contributed by atoms with Crippen LogP contribution in [0, 0.1) is 5.41 Å². The quantitative estimate of drug-likeness (QED) is 0.842. The molecule has 1 aliphatic rings. The molecule has 6 heteroatoms. The molecule has 1 fully saturated rings. The summed E-state index contributed by atoms with van der Waals surface area (Å²) >= 11 is 16.8. The average molecular weight is 303 g/mol. The van der Waals surface area contributed by atoms with Crippen LogP contribution in [0.25, 0.3) is 0 Å². The van der Waals surface area contributed by atoms with Gasteiger partial charge in [-0.1, -0.05) is 41.8 Å². The van der Waals surface area contributed by atoms with Gasteiger partial charge < -0.3 is 11.1 Å². The smallest absolute Gasteiger partial charge is 0.237 e. The second-order valence-electron chi connectivity index (χ2n) is 4.38. The number of halogens is 2. The van der Waals surface area contributed by atoms with E-state index in [4.69, 9.17) is 41.2 Å². The molecular weight excluding hydrogens is 291 g/mol. The van der Waals surface area contributed by atoms with E-state index in [9.17, 15) is 4.79 Å². The SMILES string of the molecule is NC(=S)C1(C(=O)Nc2ccc(Cl)cc2Cl)CCC1. The Labute approximate surface area is 121 Å². The van der Waals surface area contributed by atoms with Gasteiger partial charge in [0.2, 0.25) is 5.91 Å². The van der Waals surface area contributed by atoms with Crippen molar-refractivity contribution in [2.45, 2.75) is 19.3 Å². The summed E-state index contributed by atoms with van der Waals surface area (Å²) in [5.41, 5.74) is 5.48. The van der Waals surface area contributed by atoms with Crippen molar-refractivity contribution >= 4 is 52.0 Å². The van der Waals surface area contributed by atoms with E-state index < -0.39 is 5.41 Å². The molecule has 1 amide bonds. The number of benzene rings is 1. The van der Waals surface area contributed by atoms with Gasteiger partial charge in [-0.25, -0.2) is 0 Å². The highest BCUT2D eigenvalue weighted by molar-refractivity contribution is 7.80. The highest BCUT2D eigenvalue weighted by Crippen LogP contribution is 2.42. The Bertz CT molecular complexity index is 515. The minimum atomic E-state index is -0.710. The summed E-state index contributed by atoms with van der Waals surface area (Å²) < 4.78 is 0. The Balaban J connectivity index is 2.19. The van der Waals surface area contributed by atoms with Crippen molar-refractivity contribution in [2.24, 2.45) is 11.1 Å². The lowest BCUT2D eigenvalue weighted by Crippen LogP contribution is -2.50. The van der Waals surface area contributed by atoms with Gasteiger partial charge in [-0.3, -0.25) is 4.79 Å². The second kappa shape index (κ2) is 5.03. The van der Waals surface area contributed by atoms with E-state index in [-0.39, 0.29) is 10.9 Å². The summed E-state index contributed by atoms with van der Waals surface area (Å²) in [5.74, 6) is -0.189. The van der Waals surface area contributed by atoms with E-state index in [2.05, 4.69) is 5.32 Å². The Hall–Kier alpha value is -0.840. The van der Waals surface area contributed by atoms with Crippen LogP contribution in [0.3, 0.4) is 0 Å². The van der Waals surface area contributed by atoms with Crippen LogP contribution in [-0.4, -0.2) is 10.9 Å². The third-order valence-electron chi connectivity index (χ3n) is 3.29. The number of amides is 1. The van der Waals surface area contributed by atoms with Gasteiger partial charge in [0, 0.05) is 5.02 Å². The molecule has 3 N–H and O–H groups in total. The Morgan fingerprint density at radius 2 is 2.06 bits per heavy atom. The van der Waals surface area contributed by atoms with Crippen molar-refractivity contribution in [3.05, 3.63) is 28.2 Å². The first kappa shape index (κ1) is 13.6. The van der Waals surface area contributed by atoms with Crippen molar-refractivity contribution in [3.63, 3.8) is 0 Å². The first-order valence-corrected chi connectivity index (χ1v) is 6.68.